The molecule has 1 N–H and O–H groups in total. The predicted molar refractivity (Wildman–Crippen MR) is 51.3 cm³/mol. The summed E-state index contributed by atoms with van der Waals surface area (Å²) in [4.78, 5) is 0. The molecule has 1 heterocycles. The van der Waals surface area contributed by atoms with Crippen LogP contribution in [0.15, 0.2) is 6.07 Å². The molecule has 0 unspecified atom stereocenters. The minimum absolute atomic E-state index is 0.108. The van der Waals surface area contributed by atoms with E-state index in [0.717, 1.165) is 19.0 Å². The SMILES string of the molecule is Fc1cc([C@H]2CCCN2)c(F)c(Cl)c1F. The summed E-state index contributed by atoms with van der Waals surface area (Å²) >= 11 is 5.35. The van der Waals surface area contributed by atoms with Crippen molar-refractivity contribution in [2.75, 3.05) is 6.54 Å². The van der Waals surface area contributed by atoms with Crippen molar-refractivity contribution >= 4 is 11.6 Å². The Balaban J connectivity index is 2.47. The Labute approximate surface area is 90.2 Å². The van der Waals surface area contributed by atoms with Crippen molar-refractivity contribution < 1.29 is 13.2 Å². The Bertz CT molecular complexity index is 389. The molecule has 1 atom stereocenters. The van der Waals surface area contributed by atoms with Crippen LogP contribution in [0.2, 0.25) is 5.02 Å². The van der Waals surface area contributed by atoms with E-state index in [-0.39, 0.29) is 11.6 Å². The van der Waals surface area contributed by atoms with Crippen LogP contribution in [0.25, 0.3) is 0 Å². The lowest BCUT2D eigenvalue weighted by Gasteiger charge is -2.13. The lowest BCUT2D eigenvalue weighted by atomic mass is 10.0. The number of rotatable bonds is 1. The van der Waals surface area contributed by atoms with Gasteiger partial charge in [-0.1, -0.05) is 11.6 Å². The highest BCUT2D eigenvalue weighted by molar-refractivity contribution is 6.31. The zero-order valence-electron chi connectivity index (χ0n) is 7.79. The topological polar surface area (TPSA) is 12.0 Å². The first-order chi connectivity index (χ1) is 7.11. The highest BCUT2D eigenvalue weighted by Crippen LogP contribution is 2.31. The summed E-state index contributed by atoms with van der Waals surface area (Å²) in [5.74, 6) is -3.30. The molecule has 1 fully saturated rings. The second-order valence-corrected chi connectivity index (χ2v) is 3.92. The molecule has 1 aromatic rings. The quantitative estimate of drug-likeness (QED) is 0.582. The number of benzene rings is 1. The third-order valence-electron chi connectivity index (χ3n) is 2.57. The molecule has 0 bridgehead atoms. The molecular weight excluding hydrogens is 227 g/mol. The first kappa shape index (κ1) is 10.8. The van der Waals surface area contributed by atoms with E-state index in [1.165, 1.54) is 0 Å². The first-order valence-corrected chi connectivity index (χ1v) is 5.05. The highest BCUT2D eigenvalue weighted by atomic mass is 35.5. The fourth-order valence-corrected chi connectivity index (χ4v) is 1.99. The van der Waals surface area contributed by atoms with Gasteiger partial charge >= 0.3 is 0 Å². The number of hydrogen-bond donors (Lipinski definition) is 1. The van der Waals surface area contributed by atoms with Gasteiger partial charge in [-0.3, -0.25) is 0 Å². The fraction of sp³-hybridized carbons (Fsp3) is 0.400. The lowest BCUT2D eigenvalue weighted by Crippen LogP contribution is -2.15. The van der Waals surface area contributed by atoms with Crippen molar-refractivity contribution in [3.63, 3.8) is 0 Å². The molecule has 15 heavy (non-hydrogen) atoms. The Morgan fingerprint density at radius 3 is 2.60 bits per heavy atom. The van der Waals surface area contributed by atoms with Crippen molar-refractivity contribution in [2.24, 2.45) is 0 Å². The summed E-state index contributed by atoms with van der Waals surface area (Å²) in [7, 11) is 0. The minimum Gasteiger partial charge on any atom is -0.310 e. The molecular formula is C10H9ClF3N. The van der Waals surface area contributed by atoms with Crippen LogP contribution in [0, 0.1) is 17.5 Å². The molecule has 0 saturated carbocycles. The monoisotopic (exact) mass is 235 g/mol. The van der Waals surface area contributed by atoms with Crippen molar-refractivity contribution in [3.05, 3.63) is 34.1 Å². The molecule has 82 valence electrons. The second kappa shape index (κ2) is 4.02. The number of hydrogen-bond acceptors (Lipinski definition) is 1. The van der Waals surface area contributed by atoms with Gasteiger partial charge in [0.1, 0.15) is 10.8 Å². The van der Waals surface area contributed by atoms with Crippen molar-refractivity contribution in [3.8, 4) is 0 Å². The minimum atomic E-state index is -1.32. The number of halogens is 4. The van der Waals surface area contributed by atoms with Crippen LogP contribution in [0.5, 0.6) is 0 Å². The first-order valence-electron chi connectivity index (χ1n) is 4.67. The molecule has 1 saturated heterocycles. The van der Waals surface area contributed by atoms with Gasteiger partial charge in [-0.15, -0.1) is 0 Å². The molecule has 0 aromatic heterocycles. The van der Waals surface area contributed by atoms with Crippen LogP contribution in [-0.2, 0) is 0 Å². The van der Waals surface area contributed by atoms with Gasteiger partial charge in [-0.25, -0.2) is 13.2 Å². The zero-order chi connectivity index (χ0) is 11.0. The van der Waals surface area contributed by atoms with Crippen LogP contribution in [0.4, 0.5) is 13.2 Å². The van der Waals surface area contributed by atoms with Crippen molar-refractivity contribution in [1.29, 1.82) is 0 Å². The fourth-order valence-electron chi connectivity index (χ4n) is 1.79. The summed E-state index contributed by atoms with van der Waals surface area (Å²) < 4.78 is 39.4. The van der Waals surface area contributed by atoms with Gasteiger partial charge < -0.3 is 5.32 Å². The van der Waals surface area contributed by atoms with Gasteiger partial charge in [0.25, 0.3) is 0 Å². The molecule has 5 heteroatoms. The molecule has 0 spiro atoms. The van der Waals surface area contributed by atoms with Gasteiger partial charge in [-0.2, -0.15) is 0 Å². The van der Waals surface area contributed by atoms with Crippen molar-refractivity contribution in [2.45, 2.75) is 18.9 Å². The van der Waals surface area contributed by atoms with Gasteiger partial charge in [0.05, 0.1) is 0 Å². The molecule has 2 rings (SSSR count). The van der Waals surface area contributed by atoms with Crippen molar-refractivity contribution in [1.82, 2.24) is 5.32 Å². The molecule has 0 radical (unpaired) electrons. The van der Waals surface area contributed by atoms with Crippen LogP contribution >= 0.6 is 11.6 Å². The van der Waals surface area contributed by atoms with Crippen LogP contribution < -0.4 is 5.32 Å². The molecule has 0 amide bonds. The molecule has 1 aliphatic rings. The second-order valence-electron chi connectivity index (χ2n) is 3.54. The third-order valence-corrected chi connectivity index (χ3v) is 2.90. The predicted octanol–water partition coefficient (Wildman–Crippen LogP) is 3.18. The summed E-state index contributed by atoms with van der Waals surface area (Å²) in [6.45, 7) is 0.751. The van der Waals surface area contributed by atoms with E-state index in [1.807, 2.05) is 0 Å². The summed E-state index contributed by atoms with van der Waals surface area (Å²) in [5, 5.41) is 2.23. The highest BCUT2D eigenvalue weighted by Gasteiger charge is 2.24. The largest absolute Gasteiger partial charge is 0.310 e. The van der Waals surface area contributed by atoms with E-state index in [9.17, 15) is 13.2 Å². The van der Waals surface area contributed by atoms with E-state index in [1.54, 1.807) is 0 Å². The smallest absolute Gasteiger partial charge is 0.180 e. The normalized spacial score (nSPS) is 20.9. The van der Waals surface area contributed by atoms with Crippen LogP contribution in [-0.4, -0.2) is 6.54 Å². The Hall–Kier alpha value is -0.740. The van der Waals surface area contributed by atoms with Gasteiger partial charge in [0.2, 0.25) is 0 Å². The Morgan fingerprint density at radius 1 is 1.27 bits per heavy atom. The summed E-state index contributed by atoms with van der Waals surface area (Å²) in [6.07, 6.45) is 1.60. The Morgan fingerprint density at radius 2 is 2.00 bits per heavy atom. The maximum Gasteiger partial charge on any atom is 0.180 e. The van der Waals surface area contributed by atoms with Crippen LogP contribution in [0.3, 0.4) is 0 Å². The van der Waals surface area contributed by atoms with E-state index >= 15 is 0 Å². The third kappa shape index (κ3) is 1.84. The average Bonchev–Trinajstić information content (AvgIpc) is 2.73. The van der Waals surface area contributed by atoms with Crippen LogP contribution in [0.1, 0.15) is 24.4 Å². The lowest BCUT2D eigenvalue weighted by molar-refractivity contribution is 0.480. The van der Waals surface area contributed by atoms with Gasteiger partial charge in [0, 0.05) is 11.6 Å². The molecule has 1 nitrogen and oxygen atoms in total. The Kier molecular flexibility index (Phi) is 2.89. The molecule has 1 aliphatic heterocycles. The average molecular weight is 236 g/mol. The van der Waals surface area contributed by atoms with E-state index < -0.39 is 22.5 Å². The maximum atomic E-state index is 13.5. The van der Waals surface area contributed by atoms with Gasteiger partial charge in [-0.05, 0) is 25.5 Å². The van der Waals surface area contributed by atoms with E-state index in [0.29, 0.717) is 6.42 Å². The maximum absolute atomic E-state index is 13.5. The molecule has 0 aliphatic carbocycles. The summed E-state index contributed by atoms with van der Waals surface area (Å²) in [5.41, 5.74) is 0.108. The standard InChI is InChI=1S/C10H9ClF3N/c11-8-9(13)5(4-6(12)10(8)14)7-2-1-3-15-7/h4,7,15H,1-3H2/t7-/m1/s1. The van der Waals surface area contributed by atoms with E-state index in [4.69, 9.17) is 11.6 Å². The summed E-state index contributed by atoms with van der Waals surface area (Å²) in [6, 6.07) is 0.608. The van der Waals surface area contributed by atoms with Gasteiger partial charge in [0.15, 0.2) is 11.6 Å². The molecule has 1 aromatic carbocycles. The zero-order valence-corrected chi connectivity index (χ0v) is 8.54. The number of nitrogens with one attached hydrogen (secondary N) is 1. The van der Waals surface area contributed by atoms with E-state index in [2.05, 4.69) is 5.32 Å².